The zero-order valence-corrected chi connectivity index (χ0v) is 16.0. The van der Waals surface area contributed by atoms with E-state index in [1.165, 1.54) is 4.90 Å². The Bertz CT molecular complexity index is 853. The van der Waals surface area contributed by atoms with Gasteiger partial charge in [0.1, 0.15) is 0 Å². The second kappa shape index (κ2) is 6.98. The summed E-state index contributed by atoms with van der Waals surface area (Å²) in [5.74, 6) is -0.692. The van der Waals surface area contributed by atoms with Crippen LogP contribution >= 0.6 is 11.6 Å². The molecule has 2 aromatic rings. The van der Waals surface area contributed by atoms with Gasteiger partial charge in [-0.05, 0) is 48.7 Å². The molecule has 2 aromatic carbocycles. The number of para-hydroxylation sites is 1. The van der Waals surface area contributed by atoms with Crippen molar-refractivity contribution in [2.45, 2.75) is 32.4 Å². The third-order valence-electron chi connectivity index (χ3n) is 5.05. The van der Waals surface area contributed by atoms with Crippen LogP contribution in [0, 0.1) is 11.8 Å². The first-order valence-corrected chi connectivity index (χ1v) is 9.49. The van der Waals surface area contributed by atoms with Crippen molar-refractivity contribution in [3.63, 3.8) is 0 Å². The van der Waals surface area contributed by atoms with Crippen LogP contribution in [0.15, 0.2) is 54.6 Å². The van der Waals surface area contributed by atoms with Crippen LogP contribution in [0.5, 0.6) is 0 Å². The highest BCUT2D eigenvalue weighted by molar-refractivity contribution is 6.31. The minimum absolute atomic E-state index is 0.189. The SMILES string of the molecule is CC(C)C[C@@H]1[C@@H]2C(=O)N(c3ccc(Cl)cc3)C(=O)[C@@H]2ON1c1ccccc1. The first-order valence-electron chi connectivity index (χ1n) is 9.12. The van der Waals surface area contributed by atoms with Crippen molar-refractivity contribution in [1.82, 2.24) is 0 Å². The Morgan fingerprint density at radius 2 is 1.63 bits per heavy atom. The molecule has 27 heavy (non-hydrogen) atoms. The first kappa shape index (κ1) is 18.0. The molecule has 5 nitrogen and oxygen atoms in total. The molecule has 140 valence electrons. The van der Waals surface area contributed by atoms with Crippen LogP contribution < -0.4 is 9.96 Å². The Kier molecular flexibility index (Phi) is 4.66. The van der Waals surface area contributed by atoms with Gasteiger partial charge in [-0.15, -0.1) is 0 Å². The second-order valence-corrected chi connectivity index (χ2v) is 7.83. The maximum absolute atomic E-state index is 13.2. The number of fused-ring (bicyclic) bond motifs is 1. The zero-order valence-electron chi connectivity index (χ0n) is 15.2. The fourth-order valence-electron chi connectivity index (χ4n) is 3.89. The second-order valence-electron chi connectivity index (χ2n) is 7.40. The quantitative estimate of drug-likeness (QED) is 0.746. The van der Waals surface area contributed by atoms with Crippen molar-refractivity contribution < 1.29 is 14.4 Å². The van der Waals surface area contributed by atoms with Gasteiger partial charge < -0.3 is 0 Å². The molecule has 2 amide bonds. The van der Waals surface area contributed by atoms with E-state index in [9.17, 15) is 9.59 Å². The lowest BCUT2D eigenvalue weighted by atomic mass is 9.90. The standard InChI is InChI=1S/C21H21ClN2O3/c1-13(2)12-17-18-19(27-24(17)16-6-4-3-5-7-16)21(26)23(20(18)25)15-10-8-14(22)9-11-15/h3-11,13,17-19H,12H2,1-2H3/t17-,18+,19-/m1/s1. The number of carbonyl (C=O) groups is 2. The van der Waals surface area contributed by atoms with Crippen LogP contribution in [0.3, 0.4) is 0 Å². The highest BCUT2D eigenvalue weighted by Gasteiger charge is 2.59. The number of carbonyl (C=O) groups excluding carboxylic acids is 2. The van der Waals surface area contributed by atoms with Gasteiger partial charge in [-0.1, -0.05) is 43.6 Å². The van der Waals surface area contributed by atoms with Crippen molar-refractivity contribution in [2.75, 3.05) is 9.96 Å². The summed E-state index contributed by atoms with van der Waals surface area (Å²) >= 11 is 5.93. The van der Waals surface area contributed by atoms with Crippen molar-refractivity contribution >= 4 is 34.8 Å². The van der Waals surface area contributed by atoms with Gasteiger partial charge in [0.15, 0.2) is 6.10 Å². The van der Waals surface area contributed by atoms with Crippen LogP contribution in [-0.4, -0.2) is 24.0 Å². The number of nitrogens with zero attached hydrogens (tertiary/aromatic N) is 2. The maximum Gasteiger partial charge on any atom is 0.266 e. The minimum Gasteiger partial charge on any atom is -0.273 e. The molecule has 0 radical (unpaired) electrons. The summed E-state index contributed by atoms with van der Waals surface area (Å²) in [5, 5.41) is 2.31. The monoisotopic (exact) mass is 384 g/mol. The van der Waals surface area contributed by atoms with E-state index in [2.05, 4.69) is 13.8 Å². The smallest absolute Gasteiger partial charge is 0.266 e. The van der Waals surface area contributed by atoms with Gasteiger partial charge in [-0.25, -0.2) is 9.96 Å². The third-order valence-corrected chi connectivity index (χ3v) is 5.30. The molecule has 2 aliphatic heterocycles. The van der Waals surface area contributed by atoms with E-state index in [0.29, 0.717) is 16.6 Å². The fourth-order valence-corrected chi connectivity index (χ4v) is 4.01. The molecule has 0 unspecified atom stereocenters. The predicted octanol–water partition coefficient (Wildman–Crippen LogP) is 4.06. The van der Waals surface area contributed by atoms with Crippen molar-refractivity contribution in [1.29, 1.82) is 0 Å². The predicted molar refractivity (Wildman–Crippen MR) is 104 cm³/mol. The molecule has 0 saturated carbocycles. The first-order chi connectivity index (χ1) is 13.0. The molecule has 6 heteroatoms. The van der Waals surface area contributed by atoms with Crippen molar-refractivity contribution in [3.8, 4) is 0 Å². The molecular formula is C21H21ClN2O3. The Labute approximate surface area is 163 Å². The lowest BCUT2D eigenvalue weighted by molar-refractivity contribution is -0.126. The van der Waals surface area contributed by atoms with Gasteiger partial charge in [0.05, 0.1) is 23.3 Å². The van der Waals surface area contributed by atoms with Gasteiger partial charge in [0.25, 0.3) is 5.91 Å². The highest BCUT2D eigenvalue weighted by Crippen LogP contribution is 2.42. The number of hydrogen-bond donors (Lipinski definition) is 0. The average molecular weight is 385 g/mol. The van der Waals surface area contributed by atoms with Gasteiger partial charge in [-0.3, -0.25) is 14.4 Å². The Morgan fingerprint density at radius 3 is 2.26 bits per heavy atom. The fraction of sp³-hybridized carbons (Fsp3) is 0.333. The topological polar surface area (TPSA) is 49.9 Å². The summed E-state index contributed by atoms with van der Waals surface area (Å²) in [6.07, 6.45) is -0.0408. The van der Waals surface area contributed by atoms with Crippen LogP contribution in [0.25, 0.3) is 0 Å². The highest BCUT2D eigenvalue weighted by atomic mass is 35.5. The molecule has 0 bridgehead atoms. The van der Waals surface area contributed by atoms with Gasteiger partial charge >= 0.3 is 0 Å². The summed E-state index contributed by atoms with van der Waals surface area (Å²) in [7, 11) is 0. The minimum atomic E-state index is -0.794. The molecule has 2 aliphatic rings. The molecule has 0 spiro atoms. The lowest BCUT2D eigenvalue weighted by Crippen LogP contribution is -2.41. The summed E-state index contributed by atoms with van der Waals surface area (Å²) in [6.45, 7) is 4.21. The molecule has 0 N–H and O–H groups in total. The number of halogens is 1. The number of hydrogen-bond acceptors (Lipinski definition) is 4. The molecule has 2 heterocycles. The van der Waals surface area contributed by atoms with E-state index in [4.69, 9.17) is 16.4 Å². The number of hydroxylamine groups is 1. The number of imide groups is 1. The van der Waals surface area contributed by atoms with Crippen molar-refractivity contribution in [3.05, 3.63) is 59.6 Å². The Balaban J connectivity index is 1.69. The largest absolute Gasteiger partial charge is 0.273 e. The molecule has 2 fully saturated rings. The number of amides is 2. The number of anilines is 2. The van der Waals surface area contributed by atoms with E-state index < -0.39 is 12.0 Å². The van der Waals surface area contributed by atoms with E-state index in [1.54, 1.807) is 29.3 Å². The van der Waals surface area contributed by atoms with Crippen LogP contribution in [0.2, 0.25) is 5.02 Å². The number of benzene rings is 2. The molecule has 3 atom stereocenters. The molecule has 2 saturated heterocycles. The van der Waals surface area contributed by atoms with Crippen molar-refractivity contribution in [2.24, 2.45) is 11.8 Å². The molecular weight excluding hydrogens is 364 g/mol. The van der Waals surface area contributed by atoms with Gasteiger partial charge in [-0.2, -0.15) is 0 Å². The molecule has 0 aliphatic carbocycles. The van der Waals surface area contributed by atoms with E-state index in [1.807, 2.05) is 30.3 Å². The Hall–Kier alpha value is -2.37. The van der Waals surface area contributed by atoms with Gasteiger partial charge in [0, 0.05) is 5.02 Å². The Morgan fingerprint density at radius 1 is 0.963 bits per heavy atom. The van der Waals surface area contributed by atoms with E-state index in [-0.39, 0.29) is 17.9 Å². The summed E-state index contributed by atoms with van der Waals surface area (Å²) in [5.41, 5.74) is 1.39. The molecule has 4 rings (SSSR count). The third kappa shape index (κ3) is 3.11. The summed E-state index contributed by atoms with van der Waals surface area (Å²) < 4.78 is 0. The van der Waals surface area contributed by atoms with Crippen LogP contribution in [0.4, 0.5) is 11.4 Å². The van der Waals surface area contributed by atoms with Crippen LogP contribution in [0.1, 0.15) is 20.3 Å². The van der Waals surface area contributed by atoms with Crippen LogP contribution in [-0.2, 0) is 14.4 Å². The number of rotatable bonds is 4. The molecule has 0 aromatic heterocycles. The zero-order chi connectivity index (χ0) is 19.1. The maximum atomic E-state index is 13.2. The lowest BCUT2D eigenvalue weighted by Gasteiger charge is -2.29. The van der Waals surface area contributed by atoms with E-state index in [0.717, 1.165) is 12.1 Å². The summed E-state index contributed by atoms with van der Waals surface area (Å²) in [6, 6.07) is 16.2. The normalized spacial score (nSPS) is 24.8. The average Bonchev–Trinajstić information content (AvgIpc) is 3.13. The summed E-state index contributed by atoms with van der Waals surface area (Å²) in [4.78, 5) is 33.5. The van der Waals surface area contributed by atoms with Gasteiger partial charge in [0.2, 0.25) is 5.91 Å². The van der Waals surface area contributed by atoms with E-state index >= 15 is 0 Å².